The zero-order chi connectivity index (χ0) is 16.8. The fraction of sp³-hybridized carbons (Fsp3) is 0.474. The largest absolute Gasteiger partial charge is 0.396 e. The minimum Gasteiger partial charge on any atom is -0.396 e. The first kappa shape index (κ1) is 17.0. The van der Waals surface area contributed by atoms with E-state index in [2.05, 4.69) is 14.9 Å². The van der Waals surface area contributed by atoms with Crippen molar-refractivity contribution >= 4 is 0 Å². The average molecular weight is 327 g/mol. The van der Waals surface area contributed by atoms with E-state index in [0.717, 1.165) is 38.9 Å². The van der Waals surface area contributed by atoms with Crippen molar-refractivity contribution in [3.8, 4) is 0 Å². The monoisotopic (exact) mass is 327 g/mol. The summed E-state index contributed by atoms with van der Waals surface area (Å²) in [5.74, 6) is 0.0766. The van der Waals surface area contributed by atoms with Crippen LogP contribution in [0.1, 0.15) is 30.7 Å². The van der Waals surface area contributed by atoms with E-state index >= 15 is 0 Å². The first-order valence-corrected chi connectivity index (χ1v) is 8.63. The van der Waals surface area contributed by atoms with Crippen LogP contribution < -0.4 is 0 Å². The third-order valence-electron chi connectivity index (χ3n) is 4.92. The SMILES string of the molecule is OCCCN1CCC(C(O)(c2ccccn2)c2ccccn2)CC1. The van der Waals surface area contributed by atoms with Crippen molar-refractivity contribution in [1.82, 2.24) is 14.9 Å². The lowest BCUT2D eigenvalue weighted by Gasteiger charge is -2.40. The zero-order valence-electron chi connectivity index (χ0n) is 13.9. The minimum atomic E-state index is -1.16. The van der Waals surface area contributed by atoms with Crippen molar-refractivity contribution in [2.75, 3.05) is 26.2 Å². The highest BCUT2D eigenvalue weighted by Crippen LogP contribution is 2.40. The summed E-state index contributed by atoms with van der Waals surface area (Å²) < 4.78 is 0. The molecule has 2 aromatic rings. The number of nitrogens with zero attached hydrogens (tertiary/aromatic N) is 3. The van der Waals surface area contributed by atoms with Crippen LogP contribution in [0.2, 0.25) is 0 Å². The molecule has 0 atom stereocenters. The number of hydrogen-bond donors (Lipinski definition) is 2. The fourth-order valence-electron chi connectivity index (χ4n) is 3.59. The topological polar surface area (TPSA) is 69.5 Å². The van der Waals surface area contributed by atoms with Crippen molar-refractivity contribution in [3.63, 3.8) is 0 Å². The van der Waals surface area contributed by atoms with Crippen LogP contribution in [0.25, 0.3) is 0 Å². The molecular weight excluding hydrogens is 302 g/mol. The molecule has 0 saturated carbocycles. The maximum atomic E-state index is 11.7. The maximum Gasteiger partial charge on any atom is 0.151 e. The number of aliphatic hydroxyl groups excluding tert-OH is 1. The lowest BCUT2D eigenvalue weighted by atomic mass is 9.75. The van der Waals surface area contributed by atoms with E-state index in [1.54, 1.807) is 12.4 Å². The van der Waals surface area contributed by atoms with Gasteiger partial charge >= 0.3 is 0 Å². The predicted molar refractivity (Wildman–Crippen MR) is 92.3 cm³/mol. The van der Waals surface area contributed by atoms with Crippen molar-refractivity contribution in [3.05, 3.63) is 60.2 Å². The van der Waals surface area contributed by atoms with Crippen molar-refractivity contribution in [2.45, 2.75) is 24.9 Å². The van der Waals surface area contributed by atoms with Crippen molar-refractivity contribution in [2.24, 2.45) is 5.92 Å². The van der Waals surface area contributed by atoms with Gasteiger partial charge in [-0.25, -0.2) is 0 Å². The van der Waals surface area contributed by atoms with E-state index in [0.29, 0.717) is 11.4 Å². The van der Waals surface area contributed by atoms with Gasteiger partial charge in [-0.15, -0.1) is 0 Å². The molecule has 0 aliphatic carbocycles. The summed E-state index contributed by atoms with van der Waals surface area (Å²) in [5.41, 5.74) is 0.168. The molecule has 0 amide bonds. The van der Waals surface area contributed by atoms with Crippen LogP contribution in [0.3, 0.4) is 0 Å². The van der Waals surface area contributed by atoms with Crippen LogP contribution in [0.4, 0.5) is 0 Å². The van der Waals surface area contributed by atoms with Gasteiger partial charge in [0.05, 0.1) is 11.4 Å². The minimum absolute atomic E-state index is 0.0766. The molecule has 1 aliphatic heterocycles. The number of aliphatic hydroxyl groups is 2. The van der Waals surface area contributed by atoms with Gasteiger partial charge in [-0.1, -0.05) is 12.1 Å². The second-order valence-electron chi connectivity index (χ2n) is 6.39. The molecule has 1 saturated heterocycles. The standard InChI is InChI=1S/C19H25N3O2/c23-15-5-12-22-13-8-16(9-14-22)19(24,17-6-1-3-10-20-17)18-7-2-4-11-21-18/h1-4,6-7,10-11,16,23-24H,5,8-9,12-15H2. The van der Waals surface area contributed by atoms with E-state index in [1.165, 1.54) is 0 Å². The molecule has 0 unspecified atom stereocenters. The third kappa shape index (κ3) is 3.48. The fourth-order valence-corrected chi connectivity index (χ4v) is 3.59. The Morgan fingerprint density at radius 1 is 1.00 bits per heavy atom. The molecule has 3 heterocycles. The Labute approximate surface area is 143 Å². The number of pyridine rings is 2. The van der Waals surface area contributed by atoms with Crippen LogP contribution in [0.5, 0.6) is 0 Å². The molecule has 1 aliphatic rings. The second-order valence-corrected chi connectivity index (χ2v) is 6.39. The first-order chi connectivity index (χ1) is 11.7. The average Bonchev–Trinajstić information content (AvgIpc) is 2.67. The first-order valence-electron chi connectivity index (χ1n) is 8.63. The molecule has 5 nitrogen and oxygen atoms in total. The molecule has 2 aromatic heterocycles. The van der Waals surface area contributed by atoms with Gasteiger partial charge in [-0.05, 0) is 56.6 Å². The highest BCUT2D eigenvalue weighted by Gasteiger charge is 2.43. The highest BCUT2D eigenvalue weighted by atomic mass is 16.3. The molecule has 128 valence electrons. The summed E-state index contributed by atoms with van der Waals surface area (Å²) in [7, 11) is 0. The van der Waals surface area contributed by atoms with E-state index < -0.39 is 5.60 Å². The van der Waals surface area contributed by atoms with E-state index in [-0.39, 0.29) is 12.5 Å². The van der Waals surface area contributed by atoms with Gasteiger partial charge in [0.25, 0.3) is 0 Å². The number of aromatic nitrogens is 2. The van der Waals surface area contributed by atoms with Gasteiger partial charge in [0.2, 0.25) is 0 Å². The number of piperidine rings is 1. The molecule has 0 spiro atoms. The van der Waals surface area contributed by atoms with Crippen LogP contribution in [0.15, 0.2) is 48.8 Å². The summed E-state index contributed by atoms with van der Waals surface area (Å²) in [6, 6.07) is 11.3. The molecule has 0 radical (unpaired) electrons. The van der Waals surface area contributed by atoms with Gasteiger partial charge in [-0.3, -0.25) is 9.97 Å². The second kappa shape index (κ2) is 7.83. The van der Waals surface area contributed by atoms with Gasteiger partial charge in [0.15, 0.2) is 5.60 Å². The molecule has 1 fully saturated rings. The van der Waals surface area contributed by atoms with Crippen LogP contribution in [-0.4, -0.2) is 51.3 Å². The number of hydrogen-bond acceptors (Lipinski definition) is 5. The molecular formula is C19H25N3O2. The molecule has 5 heteroatoms. The molecule has 0 bridgehead atoms. The number of likely N-dealkylation sites (tertiary alicyclic amines) is 1. The Kier molecular flexibility index (Phi) is 5.56. The Bertz CT molecular complexity index is 574. The third-order valence-corrected chi connectivity index (χ3v) is 4.92. The van der Waals surface area contributed by atoms with E-state index in [4.69, 9.17) is 5.11 Å². The number of rotatable bonds is 6. The zero-order valence-corrected chi connectivity index (χ0v) is 13.9. The van der Waals surface area contributed by atoms with Gasteiger partial charge in [0, 0.05) is 31.5 Å². The van der Waals surface area contributed by atoms with Crippen LogP contribution in [-0.2, 0) is 5.60 Å². The summed E-state index contributed by atoms with van der Waals surface area (Å²) in [4.78, 5) is 11.2. The lowest BCUT2D eigenvalue weighted by Crippen LogP contribution is -2.45. The molecule has 0 aromatic carbocycles. The van der Waals surface area contributed by atoms with Crippen LogP contribution >= 0.6 is 0 Å². The summed E-state index contributed by atoms with van der Waals surface area (Å²) >= 11 is 0. The molecule has 2 N–H and O–H groups in total. The summed E-state index contributed by atoms with van der Waals surface area (Å²) in [6.45, 7) is 2.99. The van der Waals surface area contributed by atoms with Crippen molar-refractivity contribution in [1.29, 1.82) is 0 Å². The Balaban J connectivity index is 1.85. The van der Waals surface area contributed by atoms with Crippen molar-refractivity contribution < 1.29 is 10.2 Å². The van der Waals surface area contributed by atoms with E-state index in [1.807, 2.05) is 36.4 Å². The maximum absolute atomic E-state index is 11.7. The predicted octanol–water partition coefficient (Wildman–Crippen LogP) is 1.81. The smallest absolute Gasteiger partial charge is 0.151 e. The highest BCUT2D eigenvalue weighted by molar-refractivity contribution is 5.28. The van der Waals surface area contributed by atoms with Gasteiger partial charge in [0.1, 0.15) is 0 Å². The molecule has 24 heavy (non-hydrogen) atoms. The van der Waals surface area contributed by atoms with E-state index in [9.17, 15) is 5.11 Å². The normalized spacial score (nSPS) is 17.1. The van der Waals surface area contributed by atoms with Gasteiger partial charge < -0.3 is 15.1 Å². The van der Waals surface area contributed by atoms with Crippen LogP contribution in [0, 0.1) is 5.92 Å². The lowest BCUT2D eigenvalue weighted by molar-refractivity contribution is -0.0212. The molecule has 3 rings (SSSR count). The Morgan fingerprint density at radius 3 is 2.04 bits per heavy atom. The summed E-state index contributed by atoms with van der Waals surface area (Å²) in [5, 5.41) is 20.6. The summed E-state index contributed by atoms with van der Waals surface area (Å²) in [6.07, 6.45) is 6.01. The Hall–Kier alpha value is -1.82. The Morgan fingerprint density at radius 2 is 1.58 bits per heavy atom. The quantitative estimate of drug-likeness (QED) is 0.847. The van der Waals surface area contributed by atoms with Gasteiger partial charge in [-0.2, -0.15) is 0 Å².